The van der Waals surface area contributed by atoms with Crippen LogP contribution in [0.15, 0.2) is 36.4 Å². The number of rotatable bonds is 3. The number of benzene rings is 2. The average molecular weight is 359 g/mol. The van der Waals surface area contributed by atoms with Crippen LogP contribution >= 0.6 is 11.6 Å². The predicted molar refractivity (Wildman–Crippen MR) is 96.7 cm³/mol. The number of ether oxygens (including phenoxy) is 2. The van der Waals surface area contributed by atoms with Crippen LogP contribution in [0.4, 0.5) is 10.5 Å². The Morgan fingerprint density at radius 3 is 2.56 bits per heavy atom. The lowest BCUT2D eigenvalue weighted by atomic mass is 10.0. The van der Waals surface area contributed by atoms with Crippen molar-refractivity contribution in [3.8, 4) is 11.5 Å². The molecule has 0 bridgehead atoms. The van der Waals surface area contributed by atoms with Crippen molar-refractivity contribution in [1.29, 1.82) is 0 Å². The Bertz CT molecular complexity index is 833. The smallest absolute Gasteiger partial charge is 0.319 e. The summed E-state index contributed by atoms with van der Waals surface area (Å²) in [5.74, 6) is 1.50. The van der Waals surface area contributed by atoms with E-state index in [1.54, 1.807) is 12.1 Å². The molecule has 2 aromatic rings. The van der Waals surface area contributed by atoms with Gasteiger partial charge in [-0.1, -0.05) is 17.7 Å². The molecule has 2 amide bonds. The van der Waals surface area contributed by atoms with Gasteiger partial charge in [-0.25, -0.2) is 4.79 Å². The lowest BCUT2D eigenvalue weighted by Gasteiger charge is -2.23. The van der Waals surface area contributed by atoms with Crippen molar-refractivity contribution in [2.24, 2.45) is 0 Å². The summed E-state index contributed by atoms with van der Waals surface area (Å²) in [5.41, 5.74) is 2.38. The van der Waals surface area contributed by atoms with Crippen molar-refractivity contribution in [3.05, 3.63) is 52.5 Å². The zero-order valence-corrected chi connectivity index (χ0v) is 14.7. The molecular weight excluding hydrogens is 340 g/mol. The van der Waals surface area contributed by atoms with E-state index >= 15 is 0 Å². The zero-order valence-electron chi connectivity index (χ0n) is 13.9. The third kappa shape index (κ3) is 3.24. The number of halogens is 1. The van der Waals surface area contributed by atoms with E-state index in [-0.39, 0.29) is 11.6 Å². The summed E-state index contributed by atoms with van der Waals surface area (Å²) in [6, 6.07) is 11.0. The van der Waals surface area contributed by atoms with Crippen LogP contribution in [0, 0.1) is 6.92 Å². The molecule has 1 saturated carbocycles. The molecule has 1 heterocycles. The largest absolute Gasteiger partial charge is 0.486 e. The van der Waals surface area contributed by atoms with E-state index in [4.69, 9.17) is 21.1 Å². The summed E-state index contributed by atoms with van der Waals surface area (Å²) in [5, 5.41) is 6.65. The first-order valence-corrected chi connectivity index (χ1v) is 8.69. The highest BCUT2D eigenvalue weighted by atomic mass is 35.5. The molecule has 2 aromatic carbocycles. The summed E-state index contributed by atoms with van der Waals surface area (Å²) < 4.78 is 11.2. The molecule has 6 heteroatoms. The molecule has 130 valence electrons. The normalized spacial score (nSPS) is 16.9. The van der Waals surface area contributed by atoms with Crippen molar-refractivity contribution in [1.82, 2.24) is 5.32 Å². The van der Waals surface area contributed by atoms with Gasteiger partial charge in [-0.15, -0.1) is 0 Å². The maximum Gasteiger partial charge on any atom is 0.319 e. The SMILES string of the molecule is Cc1cc(Cl)ccc1NC(=O)NC1(c2ccc3c(c2)OCCO3)CC1. The number of nitrogens with one attached hydrogen (secondary N) is 2. The summed E-state index contributed by atoms with van der Waals surface area (Å²) in [7, 11) is 0. The van der Waals surface area contributed by atoms with Crippen LogP contribution in [0.5, 0.6) is 11.5 Å². The molecule has 0 unspecified atom stereocenters. The number of urea groups is 1. The van der Waals surface area contributed by atoms with Gasteiger partial charge in [0.2, 0.25) is 0 Å². The molecule has 2 aliphatic rings. The second-order valence-electron chi connectivity index (χ2n) is 6.48. The van der Waals surface area contributed by atoms with Gasteiger partial charge in [0.1, 0.15) is 13.2 Å². The Balaban J connectivity index is 1.49. The summed E-state index contributed by atoms with van der Waals surface area (Å²) >= 11 is 5.96. The van der Waals surface area contributed by atoms with Gasteiger partial charge in [-0.2, -0.15) is 0 Å². The number of hydrogen-bond acceptors (Lipinski definition) is 3. The lowest BCUT2D eigenvalue weighted by molar-refractivity contribution is 0.171. The van der Waals surface area contributed by atoms with Crippen LogP contribution in [-0.4, -0.2) is 19.2 Å². The first kappa shape index (κ1) is 16.1. The second kappa shape index (κ2) is 6.15. The molecule has 0 spiro atoms. The molecule has 1 aliphatic heterocycles. The minimum atomic E-state index is -0.333. The fourth-order valence-electron chi connectivity index (χ4n) is 3.09. The quantitative estimate of drug-likeness (QED) is 0.863. The topological polar surface area (TPSA) is 59.6 Å². The van der Waals surface area contributed by atoms with E-state index in [9.17, 15) is 4.79 Å². The van der Waals surface area contributed by atoms with Crippen LogP contribution < -0.4 is 20.1 Å². The Labute approximate surface area is 151 Å². The first-order chi connectivity index (χ1) is 12.1. The van der Waals surface area contributed by atoms with Crippen molar-refractivity contribution in [2.45, 2.75) is 25.3 Å². The fourth-order valence-corrected chi connectivity index (χ4v) is 3.32. The average Bonchev–Trinajstić information content (AvgIpc) is 3.37. The predicted octanol–water partition coefficient (Wildman–Crippen LogP) is 4.23. The number of fused-ring (bicyclic) bond motifs is 1. The standard InChI is InChI=1S/C19H19ClN2O3/c1-12-10-14(20)3-4-15(12)21-18(23)22-19(6-7-19)13-2-5-16-17(11-13)25-9-8-24-16/h2-5,10-11H,6-9H2,1H3,(H2,21,22,23). The highest BCUT2D eigenvalue weighted by Crippen LogP contribution is 2.47. The Morgan fingerprint density at radius 1 is 1.08 bits per heavy atom. The zero-order chi connectivity index (χ0) is 17.4. The lowest BCUT2D eigenvalue weighted by Crippen LogP contribution is -2.38. The van der Waals surface area contributed by atoms with E-state index in [0.717, 1.165) is 41.2 Å². The molecule has 1 fully saturated rings. The van der Waals surface area contributed by atoms with E-state index < -0.39 is 0 Å². The number of hydrogen-bond donors (Lipinski definition) is 2. The monoisotopic (exact) mass is 358 g/mol. The molecule has 0 saturated heterocycles. The van der Waals surface area contributed by atoms with E-state index in [1.165, 1.54) is 0 Å². The first-order valence-electron chi connectivity index (χ1n) is 8.31. The second-order valence-corrected chi connectivity index (χ2v) is 6.92. The van der Waals surface area contributed by atoms with Gasteiger partial charge in [-0.3, -0.25) is 0 Å². The third-order valence-corrected chi connectivity index (χ3v) is 4.87. The Kier molecular flexibility index (Phi) is 3.96. The van der Waals surface area contributed by atoms with Gasteiger partial charge in [-0.05, 0) is 61.2 Å². The fraction of sp³-hybridized carbons (Fsp3) is 0.316. The molecular formula is C19H19ClN2O3. The van der Waals surface area contributed by atoms with Crippen LogP contribution in [0.1, 0.15) is 24.0 Å². The third-order valence-electron chi connectivity index (χ3n) is 4.63. The molecule has 4 rings (SSSR count). The van der Waals surface area contributed by atoms with Gasteiger partial charge < -0.3 is 20.1 Å². The van der Waals surface area contributed by atoms with E-state index in [0.29, 0.717) is 18.2 Å². The van der Waals surface area contributed by atoms with Gasteiger partial charge in [0, 0.05) is 10.7 Å². The Hall–Kier alpha value is -2.40. The molecule has 25 heavy (non-hydrogen) atoms. The number of amides is 2. The highest BCUT2D eigenvalue weighted by molar-refractivity contribution is 6.30. The van der Waals surface area contributed by atoms with Gasteiger partial charge in [0.05, 0.1) is 5.54 Å². The number of carbonyl (C=O) groups is 1. The van der Waals surface area contributed by atoms with Crippen LogP contribution in [-0.2, 0) is 5.54 Å². The molecule has 0 atom stereocenters. The molecule has 0 aromatic heterocycles. The molecule has 1 aliphatic carbocycles. The minimum absolute atomic E-state index is 0.224. The molecule has 5 nitrogen and oxygen atoms in total. The maximum atomic E-state index is 12.5. The van der Waals surface area contributed by atoms with Gasteiger partial charge in [0.25, 0.3) is 0 Å². The van der Waals surface area contributed by atoms with Crippen molar-refractivity contribution >= 4 is 23.3 Å². The van der Waals surface area contributed by atoms with Crippen molar-refractivity contribution < 1.29 is 14.3 Å². The van der Waals surface area contributed by atoms with E-state index in [1.807, 2.05) is 31.2 Å². The van der Waals surface area contributed by atoms with E-state index in [2.05, 4.69) is 10.6 Å². The highest BCUT2D eigenvalue weighted by Gasteiger charge is 2.46. The molecule has 0 radical (unpaired) electrons. The molecule has 2 N–H and O–H groups in total. The number of anilines is 1. The van der Waals surface area contributed by atoms with Gasteiger partial charge in [0.15, 0.2) is 11.5 Å². The van der Waals surface area contributed by atoms with Crippen LogP contribution in [0.3, 0.4) is 0 Å². The summed E-state index contributed by atoms with van der Waals surface area (Å²) in [6.45, 7) is 3.03. The number of carbonyl (C=O) groups excluding carboxylic acids is 1. The van der Waals surface area contributed by atoms with Crippen LogP contribution in [0.2, 0.25) is 5.02 Å². The summed E-state index contributed by atoms with van der Waals surface area (Å²) in [4.78, 5) is 12.5. The van der Waals surface area contributed by atoms with Crippen LogP contribution in [0.25, 0.3) is 0 Å². The van der Waals surface area contributed by atoms with Gasteiger partial charge >= 0.3 is 6.03 Å². The Morgan fingerprint density at radius 2 is 1.84 bits per heavy atom. The minimum Gasteiger partial charge on any atom is -0.486 e. The van der Waals surface area contributed by atoms with Crippen molar-refractivity contribution in [2.75, 3.05) is 18.5 Å². The number of aryl methyl sites for hydroxylation is 1. The maximum absolute atomic E-state index is 12.5. The van der Waals surface area contributed by atoms with Crippen molar-refractivity contribution in [3.63, 3.8) is 0 Å². The summed E-state index contributed by atoms with van der Waals surface area (Å²) in [6.07, 6.45) is 1.80.